The summed E-state index contributed by atoms with van der Waals surface area (Å²) >= 11 is 0. The molecule has 2 heterocycles. The van der Waals surface area contributed by atoms with Crippen molar-refractivity contribution < 1.29 is 9.69 Å². The number of benzene rings is 1. The molecule has 3 rings (SSSR count). The molecule has 1 fully saturated rings. The van der Waals surface area contributed by atoms with E-state index in [1.807, 2.05) is 31.2 Å². The monoisotopic (exact) mass is 243 g/mol. The fourth-order valence-corrected chi connectivity index (χ4v) is 3.00. The number of carbonyl (C=O) groups excluding carboxylic acids is 1. The van der Waals surface area contributed by atoms with Crippen LogP contribution in [0, 0.1) is 6.92 Å². The Kier molecular flexibility index (Phi) is 2.92. The Morgan fingerprint density at radius 3 is 2.78 bits per heavy atom. The second kappa shape index (κ2) is 4.58. The zero-order chi connectivity index (χ0) is 12.5. The molecule has 3 heteroatoms. The zero-order valence-electron chi connectivity index (χ0n) is 10.8. The van der Waals surface area contributed by atoms with Crippen molar-refractivity contribution in [3.05, 3.63) is 35.5 Å². The van der Waals surface area contributed by atoms with E-state index in [4.69, 9.17) is 0 Å². The highest BCUT2D eigenvalue weighted by Crippen LogP contribution is 2.21. The van der Waals surface area contributed by atoms with Gasteiger partial charge < -0.3 is 9.88 Å². The van der Waals surface area contributed by atoms with Crippen molar-refractivity contribution in [2.75, 3.05) is 19.6 Å². The van der Waals surface area contributed by atoms with Gasteiger partial charge in [-0.15, -0.1) is 0 Å². The molecule has 0 bridgehead atoms. The number of likely N-dealkylation sites (tertiary alicyclic amines) is 1. The lowest BCUT2D eigenvalue weighted by Gasteiger charge is -2.10. The Morgan fingerprint density at radius 2 is 2.00 bits per heavy atom. The molecule has 1 aromatic heterocycles. The maximum atomic E-state index is 12.5. The molecule has 0 aliphatic carbocycles. The Balaban J connectivity index is 1.92. The van der Waals surface area contributed by atoms with Gasteiger partial charge in [0.05, 0.1) is 18.7 Å². The number of quaternary nitrogens is 1. The van der Waals surface area contributed by atoms with Gasteiger partial charge in [-0.3, -0.25) is 4.79 Å². The highest BCUT2D eigenvalue weighted by molar-refractivity contribution is 6.09. The molecule has 0 radical (unpaired) electrons. The van der Waals surface area contributed by atoms with Gasteiger partial charge in [0.25, 0.3) is 0 Å². The van der Waals surface area contributed by atoms with Gasteiger partial charge in [0.1, 0.15) is 6.54 Å². The SMILES string of the molecule is Cc1[nH]c2ccccc2c1C(=O)C[NH+]1CCCC1. The molecule has 2 aromatic rings. The lowest BCUT2D eigenvalue weighted by atomic mass is 10.1. The van der Waals surface area contributed by atoms with E-state index in [2.05, 4.69) is 4.98 Å². The van der Waals surface area contributed by atoms with Crippen LogP contribution in [0.5, 0.6) is 0 Å². The van der Waals surface area contributed by atoms with E-state index in [-0.39, 0.29) is 5.78 Å². The molecule has 0 spiro atoms. The molecule has 0 unspecified atom stereocenters. The average Bonchev–Trinajstić information content (AvgIpc) is 2.94. The van der Waals surface area contributed by atoms with Crippen molar-refractivity contribution in [1.82, 2.24) is 4.98 Å². The third kappa shape index (κ3) is 1.95. The average molecular weight is 243 g/mol. The molecule has 2 N–H and O–H groups in total. The van der Waals surface area contributed by atoms with Gasteiger partial charge in [-0.05, 0) is 13.0 Å². The Bertz CT molecular complexity index is 579. The van der Waals surface area contributed by atoms with Gasteiger partial charge >= 0.3 is 0 Å². The summed E-state index contributed by atoms with van der Waals surface area (Å²) in [6.45, 7) is 4.93. The normalized spacial score (nSPS) is 16.5. The highest BCUT2D eigenvalue weighted by atomic mass is 16.1. The van der Waals surface area contributed by atoms with Crippen LogP contribution >= 0.6 is 0 Å². The van der Waals surface area contributed by atoms with E-state index >= 15 is 0 Å². The summed E-state index contributed by atoms with van der Waals surface area (Å²) in [6.07, 6.45) is 2.52. The minimum atomic E-state index is 0.279. The Morgan fingerprint density at radius 1 is 1.28 bits per heavy atom. The number of ketones is 1. The van der Waals surface area contributed by atoms with Gasteiger partial charge in [0.15, 0.2) is 0 Å². The smallest absolute Gasteiger partial charge is 0.219 e. The second-order valence-electron chi connectivity index (χ2n) is 5.23. The van der Waals surface area contributed by atoms with Crippen LogP contribution in [0.4, 0.5) is 0 Å². The molecular weight excluding hydrogens is 224 g/mol. The fourth-order valence-electron chi connectivity index (χ4n) is 3.00. The summed E-state index contributed by atoms with van der Waals surface area (Å²) < 4.78 is 0. The van der Waals surface area contributed by atoms with E-state index in [1.165, 1.54) is 17.7 Å². The summed E-state index contributed by atoms with van der Waals surface area (Å²) in [6, 6.07) is 8.06. The lowest BCUT2D eigenvalue weighted by molar-refractivity contribution is -0.878. The van der Waals surface area contributed by atoms with Crippen LogP contribution in [-0.2, 0) is 0 Å². The summed E-state index contributed by atoms with van der Waals surface area (Å²) in [4.78, 5) is 17.2. The first-order valence-electron chi connectivity index (χ1n) is 6.70. The topological polar surface area (TPSA) is 37.3 Å². The van der Waals surface area contributed by atoms with E-state index < -0.39 is 0 Å². The molecule has 1 aliphatic rings. The first-order valence-corrected chi connectivity index (χ1v) is 6.70. The summed E-state index contributed by atoms with van der Waals surface area (Å²) in [5.74, 6) is 0.279. The molecule has 0 atom stereocenters. The van der Waals surface area contributed by atoms with E-state index in [9.17, 15) is 4.79 Å². The van der Waals surface area contributed by atoms with Crippen molar-refractivity contribution in [2.24, 2.45) is 0 Å². The third-order valence-corrected chi connectivity index (χ3v) is 3.89. The minimum Gasteiger partial charge on any atom is -0.358 e. The fraction of sp³-hybridized carbons (Fsp3) is 0.400. The predicted octanol–water partition coefficient (Wildman–Crippen LogP) is 1.34. The van der Waals surface area contributed by atoms with Crippen LogP contribution in [-0.4, -0.2) is 30.4 Å². The summed E-state index contributed by atoms with van der Waals surface area (Å²) in [7, 11) is 0. The first-order chi connectivity index (χ1) is 8.75. The predicted molar refractivity (Wildman–Crippen MR) is 72.2 cm³/mol. The molecule has 0 amide bonds. The first kappa shape index (κ1) is 11.5. The van der Waals surface area contributed by atoms with Crippen LogP contribution in [0.15, 0.2) is 24.3 Å². The van der Waals surface area contributed by atoms with Crippen molar-refractivity contribution in [2.45, 2.75) is 19.8 Å². The standard InChI is InChI=1S/C15H18N2O/c1-11-15(12-6-2-3-7-13(12)16-11)14(18)10-17-8-4-5-9-17/h2-3,6-7,16H,4-5,8-10H2,1H3/p+1. The maximum Gasteiger partial charge on any atom is 0.219 e. The van der Waals surface area contributed by atoms with Gasteiger partial charge in [-0.1, -0.05) is 18.2 Å². The molecule has 18 heavy (non-hydrogen) atoms. The molecular formula is C15H19N2O+. The summed E-state index contributed by atoms with van der Waals surface area (Å²) in [5.41, 5.74) is 2.96. The van der Waals surface area contributed by atoms with E-state index in [0.717, 1.165) is 35.2 Å². The van der Waals surface area contributed by atoms with Gasteiger partial charge in [0.2, 0.25) is 5.78 Å². The van der Waals surface area contributed by atoms with Crippen molar-refractivity contribution >= 4 is 16.7 Å². The number of H-pyrrole nitrogens is 1. The van der Waals surface area contributed by atoms with E-state index in [0.29, 0.717) is 6.54 Å². The number of rotatable bonds is 3. The van der Waals surface area contributed by atoms with Crippen molar-refractivity contribution in [3.8, 4) is 0 Å². The number of hydrogen-bond donors (Lipinski definition) is 2. The number of nitrogens with one attached hydrogen (secondary N) is 2. The van der Waals surface area contributed by atoms with Gasteiger partial charge in [-0.25, -0.2) is 0 Å². The number of aromatic nitrogens is 1. The lowest BCUT2D eigenvalue weighted by Crippen LogP contribution is -3.10. The zero-order valence-corrected chi connectivity index (χ0v) is 10.8. The van der Waals surface area contributed by atoms with Crippen molar-refractivity contribution in [1.29, 1.82) is 0 Å². The number of aryl methyl sites for hydroxylation is 1. The highest BCUT2D eigenvalue weighted by Gasteiger charge is 2.23. The Hall–Kier alpha value is -1.61. The number of Topliss-reactive ketones (excluding diaryl/α,β-unsaturated/α-hetero) is 1. The van der Waals surface area contributed by atoms with Crippen LogP contribution < -0.4 is 4.90 Å². The largest absolute Gasteiger partial charge is 0.358 e. The molecule has 1 aliphatic heterocycles. The number of para-hydroxylation sites is 1. The molecule has 1 saturated heterocycles. The third-order valence-electron chi connectivity index (χ3n) is 3.89. The minimum absolute atomic E-state index is 0.279. The number of hydrogen-bond acceptors (Lipinski definition) is 1. The van der Waals surface area contributed by atoms with Gasteiger partial charge in [0, 0.05) is 29.4 Å². The molecule has 94 valence electrons. The quantitative estimate of drug-likeness (QED) is 0.784. The molecule has 3 nitrogen and oxygen atoms in total. The Labute approximate surface area is 107 Å². The molecule has 0 saturated carbocycles. The number of carbonyl (C=O) groups is 1. The van der Waals surface area contributed by atoms with E-state index in [1.54, 1.807) is 0 Å². The van der Waals surface area contributed by atoms with Crippen molar-refractivity contribution in [3.63, 3.8) is 0 Å². The van der Waals surface area contributed by atoms with Crippen LogP contribution in [0.1, 0.15) is 28.9 Å². The van der Waals surface area contributed by atoms with Crippen LogP contribution in [0.3, 0.4) is 0 Å². The summed E-state index contributed by atoms with van der Waals surface area (Å²) in [5, 5.41) is 1.07. The second-order valence-corrected chi connectivity index (χ2v) is 5.23. The molecule has 1 aromatic carbocycles. The number of fused-ring (bicyclic) bond motifs is 1. The van der Waals surface area contributed by atoms with Crippen LogP contribution in [0.2, 0.25) is 0 Å². The van der Waals surface area contributed by atoms with Gasteiger partial charge in [-0.2, -0.15) is 0 Å². The number of aromatic amines is 1. The maximum absolute atomic E-state index is 12.5. The van der Waals surface area contributed by atoms with Crippen LogP contribution in [0.25, 0.3) is 10.9 Å².